The molecule has 2 amide bonds. The van der Waals surface area contributed by atoms with Crippen LogP contribution in [-0.2, 0) is 9.59 Å². The number of aromatic nitrogens is 2. The maximum Gasteiger partial charge on any atom is 0.266 e. The van der Waals surface area contributed by atoms with E-state index in [-0.39, 0.29) is 30.1 Å². The smallest absolute Gasteiger partial charge is 0.266 e. The number of nitrogens with one attached hydrogen (secondary N) is 1. The topological polar surface area (TPSA) is 84.4 Å². The summed E-state index contributed by atoms with van der Waals surface area (Å²) in [5.74, 6) is 0.117. The minimum atomic E-state index is -0.367. The van der Waals surface area contributed by atoms with Crippen molar-refractivity contribution in [3.8, 4) is 5.75 Å². The molecule has 1 N–H and O–H groups in total. The van der Waals surface area contributed by atoms with Gasteiger partial charge in [0.05, 0.1) is 0 Å². The van der Waals surface area contributed by atoms with Gasteiger partial charge in [0.2, 0.25) is 5.91 Å². The van der Waals surface area contributed by atoms with Gasteiger partial charge in [0.25, 0.3) is 5.91 Å². The molecule has 2 aromatic heterocycles. The van der Waals surface area contributed by atoms with Gasteiger partial charge in [-0.3, -0.25) is 14.5 Å². The van der Waals surface area contributed by atoms with E-state index in [1.54, 1.807) is 18.2 Å². The number of carbonyl (C=O) groups excluding carboxylic acids is 2. The standard InChI is InChI=1S/C14H11ClN4O3/c15-11-6-9(3-5-16-11)18-12(20)7-19-13(21)8-22-10-2-1-4-17-14(10)19/h1-6H,7-8H2,(H,16,18,20). The van der Waals surface area contributed by atoms with E-state index in [0.29, 0.717) is 17.3 Å². The molecule has 0 aromatic carbocycles. The molecule has 2 aromatic rings. The number of nitrogens with zero attached hydrogens (tertiary/aromatic N) is 3. The number of rotatable bonds is 3. The van der Waals surface area contributed by atoms with E-state index in [2.05, 4.69) is 15.3 Å². The third kappa shape index (κ3) is 2.99. The summed E-state index contributed by atoms with van der Waals surface area (Å²) in [6.45, 7) is -0.279. The van der Waals surface area contributed by atoms with Crippen LogP contribution in [0.2, 0.25) is 5.15 Å². The van der Waals surface area contributed by atoms with Crippen LogP contribution in [-0.4, -0.2) is 34.9 Å². The zero-order valence-corrected chi connectivity index (χ0v) is 12.1. The van der Waals surface area contributed by atoms with Gasteiger partial charge in [0, 0.05) is 18.1 Å². The monoisotopic (exact) mass is 318 g/mol. The molecular formula is C14H11ClN4O3. The van der Waals surface area contributed by atoms with E-state index < -0.39 is 0 Å². The summed E-state index contributed by atoms with van der Waals surface area (Å²) in [6.07, 6.45) is 3.02. The fourth-order valence-electron chi connectivity index (χ4n) is 2.02. The maximum absolute atomic E-state index is 12.1. The highest BCUT2D eigenvalue weighted by molar-refractivity contribution is 6.29. The lowest BCUT2D eigenvalue weighted by Crippen LogP contribution is -2.43. The molecule has 112 valence electrons. The lowest BCUT2D eigenvalue weighted by Gasteiger charge is -2.27. The second kappa shape index (κ2) is 5.98. The summed E-state index contributed by atoms with van der Waals surface area (Å²) in [5, 5.41) is 2.93. The lowest BCUT2D eigenvalue weighted by atomic mass is 10.3. The van der Waals surface area contributed by atoms with Crippen molar-refractivity contribution >= 4 is 34.9 Å². The Kier molecular flexibility index (Phi) is 3.88. The molecule has 3 rings (SSSR count). The van der Waals surface area contributed by atoms with E-state index in [4.69, 9.17) is 16.3 Å². The van der Waals surface area contributed by atoms with Crippen molar-refractivity contribution in [3.05, 3.63) is 41.8 Å². The zero-order valence-electron chi connectivity index (χ0n) is 11.3. The van der Waals surface area contributed by atoms with Crippen LogP contribution < -0.4 is 15.0 Å². The number of halogens is 1. The first-order chi connectivity index (χ1) is 10.6. The van der Waals surface area contributed by atoms with Crippen molar-refractivity contribution in [2.45, 2.75) is 0 Å². The Balaban J connectivity index is 1.75. The van der Waals surface area contributed by atoms with E-state index in [0.717, 1.165) is 0 Å². The maximum atomic E-state index is 12.1. The Morgan fingerprint density at radius 3 is 3.05 bits per heavy atom. The molecule has 0 fully saturated rings. The molecule has 0 unspecified atom stereocenters. The van der Waals surface area contributed by atoms with Gasteiger partial charge >= 0.3 is 0 Å². The number of hydrogen-bond donors (Lipinski definition) is 1. The number of amides is 2. The van der Waals surface area contributed by atoms with Crippen LogP contribution in [0.1, 0.15) is 0 Å². The summed E-state index contributed by atoms with van der Waals surface area (Å²) >= 11 is 5.76. The van der Waals surface area contributed by atoms with Crippen LogP contribution in [0.25, 0.3) is 0 Å². The highest BCUT2D eigenvalue weighted by atomic mass is 35.5. The molecule has 0 atom stereocenters. The van der Waals surface area contributed by atoms with Gasteiger partial charge in [-0.15, -0.1) is 0 Å². The SMILES string of the molecule is O=C(CN1C(=O)COc2cccnc21)Nc1ccnc(Cl)c1. The largest absolute Gasteiger partial charge is 0.480 e. The second-order valence-electron chi connectivity index (χ2n) is 4.51. The van der Waals surface area contributed by atoms with E-state index in [1.807, 2.05) is 0 Å². The predicted molar refractivity (Wildman–Crippen MR) is 80.0 cm³/mol. The van der Waals surface area contributed by atoms with Crippen molar-refractivity contribution < 1.29 is 14.3 Å². The van der Waals surface area contributed by atoms with Crippen molar-refractivity contribution in [2.75, 3.05) is 23.4 Å². The van der Waals surface area contributed by atoms with Gasteiger partial charge in [0.1, 0.15) is 11.7 Å². The molecule has 22 heavy (non-hydrogen) atoms. The second-order valence-corrected chi connectivity index (χ2v) is 4.90. The molecule has 0 saturated carbocycles. The third-order valence-corrected chi connectivity index (χ3v) is 3.18. The van der Waals surface area contributed by atoms with Crippen LogP contribution in [0.4, 0.5) is 11.5 Å². The molecule has 0 saturated heterocycles. The van der Waals surface area contributed by atoms with Gasteiger partial charge < -0.3 is 10.1 Å². The molecule has 3 heterocycles. The molecule has 1 aliphatic rings. The number of pyridine rings is 2. The first kappa shape index (κ1) is 14.3. The number of carbonyl (C=O) groups is 2. The lowest BCUT2D eigenvalue weighted by molar-refractivity contribution is -0.123. The Bertz CT molecular complexity index is 738. The summed E-state index contributed by atoms with van der Waals surface area (Å²) in [4.78, 5) is 33.3. The van der Waals surface area contributed by atoms with Gasteiger partial charge in [-0.25, -0.2) is 9.97 Å². The van der Waals surface area contributed by atoms with Crippen LogP contribution in [0.3, 0.4) is 0 Å². The summed E-state index contributed by atoms with van der Waals surface area (Å²) < 4.78 is 5.27. The average molecular weight is 319 g/mol. The summed E-state index contributed by atoms with van der Waals surface area (Å²) in [6, 6.07) is 6.53. The van der Waals surface area contributed by atoms with Crippen LogP contribution in [0, 0.1) is 0 Å². The number of fused-ring (bicyclic) bond motifs is 1. The van der Waals surface area contributed by atoms with Crippen LogP contribution >= 0.6 is 11.6 Å². The zero-order chi connectivity index (χ0) is 15.5. The number of ether oxygens (including phenoxy) is 1. The first-order valence-corrected chi connectivity index (χ1v) is 6.81. The van der Waals surface area contributed by atoms with Gasteiger partial charge in [-0.2, -0.15) is 0 Å². The highest BCUT2D eigenvalue weighted by Crippen LogP contribution is 2.28. The number of hydrogen-bond acceptors (Lipinski definition) is 5. The average Bonchev–Trinajstić information content (AvgIpc) is 2.50. The first-order valence-electron chi connectivity index (χ1n) is 6.43. The van der Waals surface area contributed by atoms with Gasteiger partial charge in [-0.1, -0.05) is 11.6 Å². The predicted octanol–water partition coefficient (Wildman–Crippen LogP) is 1.49. The Labute approximate surface area is 130 Å². The molecule has 0 bridgehead atoms. The minimum absolute atomic E-state index is 0.118. The van der Waals surface area contributed by atoms with E-state index >= 15 is 0 Å². The molecule has 8 heteroatoms. The quantitative estimate of drug-likeness (QED) is 0.867. The van der Waals surface area contributed by atoms with E-state index in [9.17, 15) is 9.59 Å². The van der Waals surface area contributed by atoms with E-state index in [1.165, 1.54) is 23.4 Å². The summed E-state index contributed by atoms with van der Waals surface area (Å²) in [7, 11) is 0. The van der Waals surface area contributed by atoms with Gasteiger partial charge in [-0.05, 0) is 24.3 Å². The van der Waals surface area contributed by atoms with Crippen molar-refractivity contribution in [1.29, 1.82) is 0 Å². The number of anilines is 2. The molecule has 0 spiro atoms. The fourth-order valence-corrected chi connectivity index (χ4v) is 2.19. The van der Waals surface area contributed by atoms with Crippen molar-refractivity contribution in [2.24, 2.45) is 0 Å². The Hall–Kier alpha value is -2.67. The third-order valence-electron chi connectivity index (χ3n) is 2.97. The molecular weight excluding hydrogens is 308 g/mol. The minimum Gasteiger partial charge on any atom is -0.480 e. The molecule has 1 aliphatic heterocycles. The highest BCUT2D eigenvalue weighted by Gasteiger charge is 2.28. The Morgan fingerprint density at radius 1 is 1.36 bits per heavy atom. The summed E-state index contributed by atoms with van der Waals surface area (Å²) in [5.41, 5.74) is 0.506. The molecule has 0 aliphatic carbocycles. The molecule has 0 radical (unpaired) electrons. The van der Waals surface area contributed by atoms with Crippen LogP contribution in [0.15, 0.2) is 36.7 Å². The molecule has 7 nitrogen and oxygen atoms in total. The fraction of sp³-hybridized carbons (Fsp3) is 0.143. The van der Waals surface area contributed by atoms with Crippen LogP contribution in [0.5, 0.6) is 5.75 Å². The van der Waals surface area contributed by atoms with Crippen molar-refractivity contribution in [3.63, 3.8) is 0 Å². The van der Waals surface area contributed by atoms with Gasteiger partial charge in [0.15, 0.2) is 18.2 Å². The normalized spacial score (nSPS) is 13.3. The Morgan fingerprint density at radius 2 is 2.23 bits per heavy atom. The van der Waals surface area contributed by atoms with Crippen molar-refractivity contribution in [1.82, 2.24) is 9.97 Å².